The molecule has 0 saturated carbocycles. The van der Waals surface area contributed by atoms with Crippen molar-refractivity contribution in [3.63, 3.8) is 0 Å². The third kappa shape index (κ3) is 2.10. The fourth-order valence-corrected chi connectivity index (χ4v) is 0.838. The molecule has 1 rings (SSSR count). The van der Waals surface area contributed by atoms with E-state index < -0.39 is 0 Å². The van der Waals surface area contributed by atoms with Crippen LogP contribution < -0.4 is 0 Å². The van der Waals surface area contributed by atoms with Crippen LogP contribution in [-0.4, -0.2) is 5.11 Å². The van der Waals surface area contributed by atoms with E-state index in [0.717, 1.165) is 11.1 Å². The quantitative estimate of drug-likeness (QED) is 0.596. The van der Waals surface area contributed by atoms with E-state index >= 15 is 0 Å². The average Bonchev–Trinajstić information content (AvgIpc) is 2.07. The molecule has 0 saturated heterocycles. The number of benzene rings is 1. The second-order valence-corrected chi connectivity index (χ2v) is 2.23. The molecule has 0 aliphatic carbocycles. The molecule has 1 heteroatoms. The van der Waals surface area contributed by atoms with Gasteiger partial charge in [-0.15, -0.1) is 5.92 Å². The van der Waals surface area contributed by atoms with Gasteiger partial charge in [0.2, 0.25) is 0 Å². The van der Waals surface area contributed by atoms with E-state index in [4.69, 9.17) is 5.11 Å². The molecule has 0 atom stereocenters. The minimum Gasteiger partial charge on any atom is -0.392 e. The number of aliphatic hydroxyl groups excluding tert-OH is 1. The minimum absolute atomic E-state index is 0.0971. The Morgan fingerprint density at radius 3 is 2.36 bits per heavy atom. The zero-order valence-corrected chi connectivity index (χ0v) is 6.46. The van der Waals surface area contributed by atoms with Crippen molar-refractivity contribution >= 4 is 0 Å². The predicted molar refractivity (Wildman–Crippen MR) is 44.9 cm³/mol. The summed E-state index contributed by atoms with van der Waals surface area (Å²) in [5, 5.41) is 8.72. The molecule has 1 aromatic carbocycles. The van der Waals surface area contributed by atoms with Gasteiger partial charge in [-0.25, -0.2) is 0 Å². The highest BCUT2D eigenvalue weighted by Crippen LogP contribution is 2.02. The summed E-state index contributed by atoms with van der Waals surface area (Å²) in [6.07, 6.45) is 0. The molecule has 0 unspecified atom stereocenters. The molecular formula is C10H10O. The molecule has 0 spiro atoms. The van der Waals surface area contributed by atoms with Crippen molar-refractivity contribution in [1.82, 2.24) is 0 Å². The van der Waals surface area contributed by atoms with E-state index in [9.17, 15) is 0 Å². The second kappa shape index (κ2) is 3.80. The van der Waals surface area contributed by atoms with Gasteiger partial charge in [-0.05, 0) is 24.6 Å². The summed E-state index contributed by atoms with van der Waals surface area (Å²) in [5.41, 5.74) is 1.91. The lowest BCUT2D eigenvalue weighted by molar-refractivity contribution is 0.282. The Hall–Kier alpha value is -1.26. The molecule has 0 amide bonds. The van der Waals surface area contributed by atoms with Crippen molar-refractivity contribution in [2.24, 2.45) is 0 Å². The fraction of sp³-hybridized carbons (Fsp3) is 0.200. The molecule has 0 fully saturated rings. The van der Waals surface area contributed by atoms with Gasteiger partial charge in [-0.3, -0.25) is 0 Å². The summed E-state index contributed by atoms with van der Waals surface area (Å²) in [4.78, 5) is 0. The highest BCUT2D eigenvalue weighted by atomic mass is 16.3. The van der Waals surface area contributed by atoms with Crippen LogP contribution in [0.4, 0.5) is 0 Å². The monoisotopic (exact) mass is 146 g/mol. The van der Waals surface area contributed by atoms with Crippen molar-refractivity contribution < 1.29 is 5.11 Å². The molecule has 1 nitrogen and oxygen atoms in total. The molecule has 0 radical (unpaired) electrons. The zero-order valence-electron chi connectivity index (χ0n) is 6.46. The van der Waals surface area contributed by atoms with Gasteiger partial charge in [-0.1, -0.05) is 18.1 Å². The SMILES string of the molecule is CC#Cc1ccc(CO)cc1. The van der Waals surface area contributed by atoms with Crippen LogP contribution in [0.15, 0.2) is 24.3 Å². The topological polar surface area (TPSA) is 20.2 Å². The lowest BCUT2D eigenvalue weighted by atomic mass is 10.1. The Labute approximate surface area is 66.7 Å². The van der Waals surface area contributed by atoms with E-state index in [1.807, 2.05) is 24.3 Å². The maximum absolute atomic E-state index is 8.72. The third-order valence-electron chi connectivity index (χ3n) is 1.41. The van der Waals surface area contributed by atoms with Crippen LogP contribution in [0.2, 0.25) is 0 Å². The summed E-state index contributed by atoms with van der Waals surface area (Å²) in [5.74, 6) is 5.74. The first-order valence-electron chi connectivity index (χ1n) is 3.49. The summed E-state index contributed by atoms with van der Waals surface area (Å²) in [6, 6.07) is 7.56. The highest BCUT2D eigenvalue weighted by molar-refractivity contribution is 5.35. The lowest BCUT2D eigenvalue weighted by Gasteiger charge is -1.93. The van der Waals surface area contributed by atoms with Crippen molar-refractivity contribution in [2.75, 3.05) is 0 Å². The van der Waals surface area contributed by atoms with Crippen molar-refractivity contribution in [3.8, 4) is 11.8 Å². The second-order valence-electron chi connectivity index (χ2n) is 2.23. The summed E-state index contributed by atoms with van der Waals surface area (Å²) in [6.45, 7) is 1.90. The first kappa shape index (κ1) is 7.84. The van der Waals surface area contributed by atoms with Crippen LogP contribution in [0.3, 0.4) is 0 Å². The number of aliphatic hydroxyl groups is 1. The van der Waals surface area contributed by atoms with Crippen molar-refractivity contribution in [3.05, 3.63) is 35.4 Å². The Balaban J connectivity index is 2.88. The third-order valence-corrected chi connectivity index (χ3v) is 1.41. The van der Waals surface area contributed by atoms with Crippen LogP contribution in [0.5, 0.6) is 0 Å². The van der Waals surface area contributed by atoms with Gasteiger partial charge in [0.25, 0.3) is 0 Å². The van der Waals surface area contributed by atoms with Crippen LogP contribution in [0, 0.1) is 11.8 Å². The standard InChI is InChI=1S/C10H10O/c1-2-3-9-4-6-10(8-11)7-5-9/h4-7,11H,8H2,1H3. The highest BCUT2D eigenvalue weighted by Gasteiger charge is 1.88. The van der Waals surface area contributed by atoms with Gasteiger partial charge in [0.05, 0.1) is 6.61 Å². The van der Waals surface area contributed by atoms with E-state index in [-0.39, 0.29) is 6.61 Å². The molecule has 0 aliphatic heterocycles. The van der Waals surface area contributed by atoms with Crippen molar-refractivity contribution in [1.29, 1.82) is 0 Å². The summed E-state index contributed by atoms with van der Waals surface area (Å²) in [7, 11) is 0. The van der Waals surface area contributed by atoms with E-state index in [1.54, 1.807) is 6.92 Å². The van der Waals surface area contributed by atoms with E-state index in [1.165, 1.54) is 0 Å². The van der Waals surface area contributed by atoms with Crippen LogP contribution in [-0.2, 0) is 6.61 Å². The minimum atomic E-state index is 0.0971. The van der Waals surface area contributed by atoms with Gasteiger partial charge < -0.3 is 5.11 Å². The fourth-order valence-electron chi connectivity index (χ4n) is 0.838. The normalized spacial score (nSPS) is 8.55. The average molecular weight is 146 g/mol. The first-order valence-corrected chi connectivity index (χ1v) is 3.49. The number of hydrogen-bond acceptors (Lipinski definition) is 1. The number of hydrogen-bond donors (Lipinski definition) is 1. The Bertz CT molecular complexity index is 274. The maximum atomic E-state index is 8.72. The lowest BCUT2D eigenvalue weighted by Crippen LogP contribution is -1.81. The van der Waals surface area contributed by atoms with Gasteiger partial charge in [0.15, 0.2) is 0 Å². The van der Waals surface area contributed by atoms with E-state index in [0.29, 0.717) is 0 Å². The summed E-state index contributed by atoms with van der Waals surface area (Å²) >= 11 is 0. The molecule has 0 bridgehead atoms. The van der Waals surface area contributed by atoms with Crippen LogP contribution >= 0.6 is 0 Å². The molecular weight excluding hydrogens is 136 g/mol. The molecule has 0 aliphatic rings. The van der Waals surface area contributed by atoms with Crippen molar-refractivity contribution in [2.45, 2.75) is 13.5 Å². The Morgan fingerprint density at radius 1 is 1.27 bits per heavy atom. The first-order chi connectivity index (χ1) is 5.36. The predicted octanol–water partition coefficient (Wildman–Crippen LogP) is 1.55. The van der Waals surface area contributed by atoms with Gasteiger partial charge in [0, 0.05) is 5.56 Å². The molecule has 0 aromatic heterocycles. The summed E-state index contributed by atoms with van der Waals surface area (Å²) < 4.78 is 0. The number of rotatable bonds is 1. The van der Waals surface area contributed by atoms with Crippen LogP contribution in [0.1, 0.15) is 18.1 Å². The Morgan fingerprint density at radius 2 is 1.91 bits per heavy atom. The molecule has 11 heavy (non-hydrogen) atoms. The van der Waals surface area contributed by atoms with E-state index in [2.05, 4.69) is 11.8 Å². The van der Waals surface area contributed by atoms with Gasteiger partial charge in [0.1, 0.15) is 0 Å². The van der Waals surface area contributed by atoms with Gasteiger partial charge in [-0.2, -0.15) is 0 Å². The molecule has 1 aromatic rings. The zero-order chi connectivity index (χ0) is 8.10. The largest absolute Gasteiger partial charge is 0.392 e. The van der Waals surface area contributed by atoms with Gasteiger partial charge >= 0.3 is 0 Å². The van der Waals surface area contributed by atoms with Crippen LogP contribution in [0.25, 0.3) is 0 Å². The smallest absolute Gasteiger partial charge is 0.0681 e. The Kier molecular flexibility index (Phi) is 2.71. The maximum Gasteiger partial charge on any atom is 0.0681 e. The molecule has 0 heterocycles. The molecule has 56 valence electrons. The molecule has 1 N–H and O–H groups in total.